The number of carbonyl (C=O) groups excluding carboxylic acids is 3. The molecule has 0 aliphatic carbocycles. The predicted molar refractivity (Wildman–Crippen MR) is 78.9 cm³/mol. The SMILES string of the molecule is COc1ccc(CCNC(=O)/C=C2\SC(=O)NC2=O)cc1. The Morgan fingerprint density at radius 3 is 2.62 bits per heavy atom. The number of methoxy groups -OCH3 is 1. The van der Waals surface area contributed by atoms with Crippen molar-refractivity contribution in [3.8, 4) is 5.75 Å². The van der Waals surface area contributed by atoms with E-state index in [0.29, 0.717) is 13.0 Å². The number of thioether (sulfide) groups is 1. The second-order valence-corrected chi connectivity index (χ2v) is 5.26. The number of nitrogens with one attached hydrogen (secondary N) is 2. The maximum absolute atomic E-state index is 11.6. The number of hydrogen-bond donors (Lipinski definition) is 2. The third-order valence-electron chi connectivity index (χ3n) is 2.78. The number of benzene rings is 1. The van der Waals surface area contributed by atoms with Crippen LogP contribution in [0.2, 0.25) is 0 Å². The van der Waals surface area contributed by atoms with Crippen LogP contribution in [0.1, 0.15) is 5.56 Å². The minimum Gasteiger partial charge on any atom is -0.497 e. The van der Waals surface area contributed by atoms with Crippen LogP contribution >= 0.6 is 11.8 Å². The Balaban J connectivity index is 1.80. The van der Waals surface area contributed by atoms with E-state index < -0.39 is 17.1 Å². The molecule has 2 N–H and O–H groups in total. The van der Waals surface area contributed by atoms with Crippen molar-refractivity contribution in [2.45, 2.75) is 6.42 Å². The maximum Gasteiger partial charge on any atom is 0.290 e. The van der Waals surface area contributed by atoms with Gasteiger partial charge in [0.15, 0.2) is 0 Å². The second kappa shape index (κ2) is 6.94. The van der Waals surface area contributed by atoms with E-state index in [2.05, 4.69) is 10.6 Å². The largest absolute Gasteiger partial charge is 0.497 e. The molecule has 0 spiro atoms. The fraction of sp³-hybridized carbons (Fsp3) is 0.214. The summed E-state index contributed by atoms with van der Waals surface area (Å²) in [5.41, 5.74) is 1.06. The lowest BCUT2D eigenvalue weighted by Crippen LogP contribution is -2.25. The van der Waals surface area contributed by atoms with E-state index in [4.69, 9.17) is 4.74 Å². The van der Waals surface area contributed by atoms with Crippen LogP contribution in [0.5, 0.6) is 5.75 Å². The van der Waals surface area contributed by atoms with E-state index in [1.807, 2.05) is 24.3 Å². The Morgan fingerprint density at radius 2 is 2.05 bits per heavy atom. The fourth-order valence-corrected chi connectivity index (χ4v) is 2.37. The van der Waals surface area contributed by atoms with Gasteiger partial charge in [0.1, 0.15) is 5.75 Å². The van der Waals surface area contributed by atoms with Crippen LogP contribution < -0.4 is 15.4 Å². The lowest BCUT2D eigenvalue weighted by Gasteiger charge is -2.04. The van der Waals surface area contributed by atoms with Gasteiger partial charge in [-0.3, -0.25) is 19.7 Å². The first-order valence-electron chi connectivity index (χ1n) is 6.24. The van der Waals surface area contributed by atoms with Gasteiger partial charge in [-0.15, -0.1) is 0 Å². The normalized spacial score (nSPS) is 16.0. The molecule has 1 aromatic carbocycles. The number of imide groups is 1. The van der Waals surface area contributed by atoms with Gasteiger partial charge in [0.2, 0.25) is 5.91 Å². The molecule has 1 heterocycles. The van der Waals surface area contributed by atoms with Crippen LogP contribution in [-0.2, 0) is 16.0 Å². The van der Waals surface area contributed by atoms with Gasteiger partial charge in [0.05, 0.1) is 12.0 Å². The Kier molecular flexibility index (Phi) is 4.99. The number of carbonyl (C=O) groups is 3. The number of ether oxygens (including phenoxy) is 1. The van der Waals surface area contributed by atoms with E-state index in [-0.39, 0.29) is 4.91 Å². The van der Waals surface area contributed by atoms with Crippen molar-refractivity contribution in [2.75, 3.05) is 13.7 Å². The van der Waals surface area contributed by atoms with Crippen molar-refractivity contribution in [3.63, 3.8) is 0 Å². The molecular weight excluding hydrogens is 292 g/mol. The summed E-state index contributed by atoms with van der Waals surface area (Å²) in [5, 5.41) is 4.30. The van der Waals surface area contributed by atoms with Crippen LogP contribution in [0, 0.1) is 0 Å². The molecule has 1 aromatic rings. The molecule has 110 valence electrons. The third kappa shape index (κ3) is 4.35. The predicted octanol–water partition coefficient (Wildman–Crippen LogP) is 1.22. The monoisotopic (exact) mass is 306 g/mol. The van der Waals surface area contributed by atoms with Gasteiger partial charge < -0.3 is 10.1 Å². The molecule has 7 heteroatoms. The Labute approximate surface area is 125 Å². The highest BCUT2D eigenvalue weighted by Crippen LogP contribution is 2.22. The molecule has 1 fully saturated rings. The van der Waals surface area contributed by atoms with E-state index >= 15 is 0 Å². The summed E-state index contributed by atoms with van der Waals surface area (Å²) in [4.78, 5) is 34.0. The van der Waals surface area contributed by atoms with Crippen LogP contribution in [0.25, 0.3) is 0 Å². The first-order chi connectivity index (χ1) is 10.1. The average molecular weight is 306 g/mol. The van der Waals surface area contributed by atoms with Crippen LogP contribution in [0.4, 0.5) is 4.79 Å². The summed E-state index contributed by atoms with van der Waals surface area (Å²) in [6.45, 7) is 0.440. The van der Waals surface area contributed by atoms with Crippen molar-refractivity contribution in [3.05, 3.63) is 40.8 Å². The summed E-state index contributed by atoms with van der Waals surface area (Å²) >= 11 is 0.723. The first-order valence-corrected chi connectivity index (χ1v) is 7.06. The molecule has 0 saturated carbocycles. The highest BCUT2D eigenvalue weighted by atomic mass is 32.2. The molecule has 6 nitrogen and oxygen atoms in total. The minimum absolute atomic E-state index is 0.113. The Morgan fingerprint density at radius 1 is 1.33 bits per heavy atom. The number of hydrogen-bond acceptors (Lipinski definition) is 5. The summed E-state index contributed by atoms with van der Waals surface area (Å²) in [6.07, 6.45) is 1.80. The second-order valence-electron chi connectivity index (χ2n) is 4.24. The van der Waals surface area contributed by atoms with Crippen molar-refractivity contribution in [2.24, 2.45) is 0 Å². The molecule has 0 aromatic heterocycles. The maximum atomic E-state index is 11.6. The zero-order valence-corrected chi connectivity index (χ0v) is 12.2. The van der Waals surface area contributed by atoms with E-state index in [9.17, 15) is 14.4 Å². The lowest BCUT2D eigenvalue weighted by atomic mass is 10.1. The highest BCUT2D eigenvalue weighted by Gasteiger charge is 2.25. The standard InChI is InChI=1S/C14H14N2O4S/c1-20-10-4-2-9(3-5-10)6-7-15-12(17)8-11-13(18)16-14(19)21-11/h2-5,8H,6-7H2,1H3,(H,15,17)(H,16,18,19)/b11-8-. The zero-order valence-electron chi connectivity index (χ0n) is 11.3. The van der Waals surface area contributed by atoms with Crippen molar-refractivity contribution < 1.29 is 19.1 Å². The Bertz CT molecular complexity index is 595. The van der Waals surface area contributed by atoms with Crippen LogP contribution in [-0.4, -0.2) is 30.7 Å². The summed E-state index contributed by atoms with van der Waals surface area (Å²) in [6, 6.07) is 7.54. The molecule has 2 rings (SSSR count). The topological polar surface area (TPSA) is 84.5 Å². The van der Waals surface area contributed by atoms with E-state index in [1.54, 1.807) is 7.11 Å². The van der Waals surface area contributed by atoms with Gasteiger partial charge in [-0.2, -0.15) is 0 Å². The number of rotatable bonds is 5. The van der Waals surface area contributed by atoms with Gasteiger partial charge in [-0.05, 0) is 35.9 Å². The van der Waals surface area contributed by atoms with Gasteiger partial charge in [-0.25, -0.2) is 0 Å². The molecular formula is C14H14N2O4S. The molecule has 0 radical (unpaired) electrons. The van der Waals surface area contributed by atoms with Gasteiger partial charge in [0, 0.05) is 12.6 Å². The minimum atomic E-state index is -0.532. The quantitative estimate of drug-likeness (QED) is 0.799. The smallest absolute Gasteiger partial charge is 0.290 e. The van der Waals surface area contributed by atoms with Crippen molar-refractivity contribution in [1.29, 1.82) is 0 Å². The summed E-state index contributed by atoms with van der Waals surface area (Å²) < 4.78 is 5.06. The van der Waals surface area contributed by atoms with Crippen LogP contribution in [0.3, 0.4) is 0 Å². The molecule has 1 aliphatic rings. The molecule has 0 unspecified atom stereocenters. The highest BCUT2D eigenvalue weighted by molar-refractivity contribution is 8.18. The summed E-state index contributed by atoms with van der Waals surface area (Å²) in [5.74, 6) is -0.146. The van der Waals surface area contributed by atoms with Crippen molar-refractivity contribution >= 4 is 28.8 Å². The molecule has 0 atom stereocenters. The van der Waals surface area contributed by atoms with E-state index in [0.717, 1.165) is 29.2 Å². The fourth-order valence-electron chi connectivity index (χ4n) is 1.71. The molecule has 1 aliphatic heterocycles. The molecule has 0 bridgehead atoms. The van der Waals surface area contributed by atoms with Gasteiger partial charge in [-0.1, -0.05) is 12.1 Å². The summed E-state index contributed by atoms with van der Waals surface area (Å²) in [7, 11) is 1.60. The lowest BCUT2D eigenvalue weighted by molar-refractivity contribution is -0.118. The van der Waals surface area contributed by atoms with Gasteiger partial charge >= 0.3 is 0 Å². The number of amides is 3. The van der Waals surface area contributed by atoms with Crippen LogP contribution in [0.15, 0.2) is 35.2 Å². The zero-order chi connectivity index (χ0) is 15.2. The van der Waals surface area contributed by atoms with Gasteiger partial charge in [0.25, 0.3) is 11.1 Å². The van der Waals surface area contributed by atoms with E-state index in [1.165, 1.54) is 0 Å². The third-order valence-corrected chi connectivity index (χ3v) is 3.59. The average Bonchev–Trinajstić information content (AvgIpc) is 2.77. The first kappa shape index (κ1) is 15.1. The molecule has 1 saturated heterocycles. The Hall–Kier alpha value is -2.28. The molecule has 3 amide bonds. The molecule has 21 heavy (non-hydrogen) atoms. The van der Waals surface area contributed by atoms with Crippen molar-refractivity contribution in [1.82, 2.24) is 10.6 Å².